The fraction of sp³-hybridized carbons (Fsp3) is 0.667. The zero-order valence-corrected chi connectivity index (χ0v) is 15.9. The molecule has 24 heavy (non-hydrogen) atoms. The van der Waals surface area contributed by atoms with Crippen LogP contribution in [-0.4, -0.2) is 74.4 Å². The van der Waals surface area contributed by atoms with Crippen LogP contribution in [0.1, 0.15) is 16.6 Å². The summed E-state index contributed by atoms with van der Waals surface area (Å²) in [6, 6.07) is 1.65. The van der Waals surface area contributed by atoms with Gasteiger partial charge in [0.15, 0.2) is 5.75 Å². The van der Waals surface area contributed by atoms with Gasteiger partial charge in [0.05, 0.1) is 26.9 Å². The van der Waals surface area contributed by atoms with Gasteiger partial charge < -0.3 is 14.2 Å². The van der Waals surface area contributed by atoms with Gasteiger partial charge >= 0.3 is 5.97 Å². The zero-order chi connectivity index (χ0) is 17.5. The molecule has 0 aromatic carbocycles. The Morgan fingerprint density at radius 1 is 1.46 bits per heavy atom. The van der Waals surface area contributed by atoms with E-state index in [9.17, 15) is 9.00 Å². The summed E-state index contributed by atoms with van der Waals surface area (Å²) in [5.74, 6) is 0.155. The lowest BCUT2D eigenvalue weighted by atomic mass is 10.4. The molecule has 0 bridgehead atoms. The van der Waals surface area contributed by atoms with Gasteiger partial charge in [0, 0.05) is 38.5 Å². The molecule has 1 fully saturated rings. The predicted octanol–water partition coefficient (Wildman–Crippen LogP) is 1.37. The Balaban J connectivity index is 2.13. The number of carbonyl (C=O) groups is 1. The lowest BCUT2D eigenvalue weighted by Gasteiger charge is -2.29. The van der Waals surface area contributed by atoms with Crippen molar-refractivity contribution in [2.24, 2.45) is 0 Å². The molecule has 1 atom stereocenters. The van der Waals surface area contributed by atoms with Crippen LogP contribution in [0.25, 0.3) is 0 Å². The maximum absolute atomic E-state index is 12.2. The lowest BCUT2D eigenvalue weighted by Crippen LogP contribution is -2.41. The smallest absolute Gasteiger partial charge is 0.348 e. The maximum atomic E-state index is 12.2. The fourth-order valence-corrected chi connectivity index (χ4v) is 4.43. The molecule has 0 amide bonds. The number of morpholine rings is 1. The fourth-order valence-electron chi connectivity index (χ4n) is 2.39. The molecule has 0 aliphatic carbocycles. The lowest BCUT2D eigenvalue weighted by molar-refractivity contribution is 0.0395. The standard InChI is InChI=1S/C15H24N2O5S2/c1-4-22-15(18)13-11-12(20-2)14(23-13)17(24(3)19)6-5-16-7-9-21-10-8-16/h11H,4-10H2,1-3H3. The van der Waals surface area contributed by atoms with Gasteiger partial charge in [0.1, 0.15) is 20.9 Å². The third kappa shape index (κ3) is 4.92. The Labute approximate surface area is 149 Å². The topological polar surface area (TPSA) is 68.3 Å². The van der Waals surface area contributed by atoms with E-state index < -0.39 is 11.0 Å². The average molecular weight is 377 g/mol. The van der Waals surface area contributed by atoms with E-state index in [1.807, 2.05) is 0 Å². The van der Waals surface area contributed by atoms with E-state index in [1.165, 1.54) is 11.3 Å². The highest BCUT2D eigenvalue weighted by atomic mass is 32.2. The van der Waals surface area contributed by atoms with Crippen molar-refractivity contribution in [1.82, 2.24) is 4.90 Å². The SMILES string of the molecule is CCOC(=O)c1cc(OC)c(N(CCN2CCOCC2)S(C)=O)s1. The second-order valence-electron chi connectivity index (χ2n) is 5.18. The van der Waals surface area contributed by atoms with Crippen molar-refractivity contribution in [3.8, 4) is 5.75 Å². The quantitative estimate of drug-likeness (QED) is 0.638. The third-order valence-corrected chi connectivity index (χ3v) is 5.86. The molecule has 9 heteroatoms. The first kappa shape index (κ1) is 19.2. The number of ether oxygens (including phenoxy) is 3. The van der Waals surface area contributed by atoms with Crippen LogP contribution in [0, 0.1) is 0 Å². The number of hydrogen-bond donors (Lipinski definition) is 0. The van der Waals surface area contributed by atoms with Crippen molar-refractivity contribution in [2.45, 2.75) is 6.92 Å². The molecule has 2 heterocycles. The minimum Gasteiger partial charge on any atom is -0.494 e. The molecule has 1 aromatic heterocycles. The monoisotopic (exact) mass is 376 g/mol. The zero-order valence-electron chi connectivity index (χ0n) is 14.3. The highest BCUT2D eigenvalue weighted by Gasteiger charge is 2.23. The van der Waals surface area contributed by atoms with E-state index in [0.29, 0.717) is 28.8 Å². The van der Waals surface area contributed by atoms with E-state index in [4.69, 9.17) is 14.2 Å². The number of carbonyl (C=O) groups excluding carboxylic acids is 1. The molecule has 7 nitrogen and oxygen atoms in total. The molecule has 0 saturated carbocycles. The summed E-state index contributed by atoms with van der Waals surface area (Å²) in [5.41, 5.74) is 0. The molecule has 1 aromatic rings. The molecule has 1 aliphatic rings. The maximum Gasteiger partial charge on any atom is 0.348 e. The van der Waals surface area contributed by atoms with Gasteiger partial charge in [-0.25, -0.2) is 9.00 Å². The van der Waals surface area contributed by atoms with Gasteiger partial charge in [-0.3, -0.25) is 9.21 Å². The highest BCUT2D eigenvalue weighted by molar-refractivity contribution is 7.86. The number of hydrogen-bond acceptors (Lipinski definition) is 7. The summed E-state index contributed by atoms with van der Waals surface area (Å²) in [4.78, 5) is 14.7. The van der Waals surface area contributed by atoms with Crippen LogP contribution in [0.4, 0.5) is 5.00 Å². The van der Waals surface area contributed by atoms with Gasteiger partial charge in [-0.15, -0.1) is 11.3 Å². The van der Waals surface area contributed by atoms with Gasteiger partial charge in [0.2, 0.25) is 0 Å². The van der Waals surface area contributed by atoms with Crippen molar-refractivity contribution in [2.75, 3.05) is 63.7 Å². The van der Waals surface area contributed by atoms with Crippen LogP contribution in [0.3, 0.4) is 0 Å². The van der Waals surface area contributed by atoms with E-state index in [1.54, 1.807) is 30.7 Å². The molecular weight excluding hydrogens is 352 g/mol. The van der Waals surface area contributed by atoms with Crippen molar-refractivity contribution in [1.29, 1.82) is 0 Å². The molecule has 136 valence electrons. The number of methoxy groups -OCH3 is 1. The largest absolute Gasteiger partial charge is 0.494 e. The van der Waals surface area contributed by atoms with Crippen molar-refractivity contribution >= 4 is 33.3 Å². The minimum atomic E-state index is -1.22. The van der Waals surface area contributed by atoms with Crippen LogP contribution in [0.15, 0.2) is 6.07 Å². The summed E-state index contributed by atoms with van der Waals surface area (Å²) < 4.78 is 29.7. The van der Waals surface area contributed by atoms with Crippen molar-refractivity contribution < 1.29 is 23.2 Å². The Morgan fingerprint density at radius 3 is 2.75 bits per heavy atom. The third-order valence-electron chi connectivity index (χ3n) is 3.64. The second kappa shape index (κ2) is 9.36. The van der Waals surface area contributed by atoms with Gasteiger partial charge in [-0.2, -0.15) is 0 Å². The number of thiophene rings is 1. The molecule has 1 unspecified atom stereocenters. The first-order valence-electron chi connectivity index (χ1n) is 7.83. The van der Waals surface area contributed by atoms with Crippen molar-refractivity contribution in [3.05, 3.63) is 10.9 Å². The molecule has 0 radical (unpaired) electrons. The van der Waals surface area contributed by atoms with Gasteiger partial charge in [-0.05, 0) is 6.92 Å². The molecule has 0 N–H and O–H groups in total. The van der Waals surface area contributed by atoms with Gasteiger partial charge in [-0.1, -0.05) is 0 Å². The highest BCUT2D eigenvalue weighted by Crippen LogP contribution is 2.38. The molecule has 2 rings (SSSR count). The molecule has 1 aliphatic heterocycles. The second-order valence-corrected chi connectivity index (χ2v) is 7.50. The Bertz CT molecular complexity index is 572. The first-order valence-corrected chi connectivity index (χ1v) is 10.2. The van der Waals surface area contributed by atoms with Crippen LogP contribution in [0.2, 0.25) is 0 Å². The van der Waals surface area contributed by atoms with E-state index in [0.717, 1.165) is 32.8 Å². The number of nitrogens with zero attached hydrogens (tertiary/aromatic N) is 2. The average Bonchev–Trinajstić information content (AvgIpc) is 3.00. The van der Waals surface area contributed by atoms with E-state index >= 15 is 0 Å². The summed E-state index contributed by atoms with van der Waals surface area (Å²) in [6.07, 6.45) is 1.63. The van der Waals surface area contributed by atoms with Gasteiger partial charge in [0.25, 0.3) is 0 Å². The van der Waals surface area contributed by atoms with Crippen molar-refractivity contribution in [3.63, 3.8) is 0 Å². The van der Waals surface area contributed by atoms with Crippen LogP contribution < -0.4 is 9.04 Å². The van der Waals surface area contributed by atoms with Crippen LogP contribution in [-0.2, 0) is 20.5 Å². The summed E-state index contributed by atoms with van der Waals surface area (Å²) >= 11 is 1.25. The van der Waals surface area contributed by atoms with E-state index in [-0.39, 0.29) is 5.97 Å². The van der Waals surface area contributed by atoms with Crippen LogP contribution in [0.5, 0.6) is 5.75 Å². The number of anilines is 1. The Hall–Kier alpha value is -1.16. The normalized spacial score (nSPS) is 16.6. The Morgan fingerprint density at radius 2 is 2.17 bits per heavy atom. The summed E-state index contributed by atoms with van der Waals surface area (Å²) in [7, 11) is 0.320. The number of esters is 1. The molecule has 0 spiro atoms. The minimum absolute atomic E-state index is 0.314. The number of rotatable bonds is 8. The first-order chi connectivity index (χ1) is 11.6. The Kier molecular flexibility index (Phi) is 7.47. The predicted molar refractivity (Wildman–Crippen MR) is 95.5 cm³/mol. The summed E-state index contributed by atoms with van der Waals surface area (Å²) in [6.45, 7) is 6.64. The summed E-state index contributed by atoms with van der Waals surface area (Å²) in [5, 5.41) is 0.689. The molecular formula is C15H24N2O5S2. The van der Waals surface area contributed by atoms with E-state index in [2.05, 4.69) is 4.90 Å². The van der Waals surface area contributed by atoms with Crippen LogP contribution >= 0.6 is 11.3 Å². The molecule has 1 saturated heterocycles.